The first-order valence-corrected chi connectivity index (χ1v) is 11.9. The van der Waals surface area contributed by atoms with Crippen LogP contribution in [0.3, 0.4) is 0 Å². The Morgan fingerprint density at radius 3 is 2.69 bits per heavy atom. The van der Waals surface area contributed by atoms with Crippen LogP contribution in [0.4, 0.5) is 0 Å². The molecule has 2 aliphatic heterocycles. The van der Waals surface area contributed by atoms with Crippen LogP contribution in [0.25, 0.3) is 22.2 Å². The molecule has 0 saturated carbocycles. The number of H-pyrrole nitrogens is 1. The Balaban J connectivity index is 1.35. The molecule has 3 aliphatic rings. The Bertz CT molecular complexity index is 1170. The van der Waals surface area contributed by atoms with Crippen LogP contribution in [0.15, 0.2) is 36.7 Å². The van der Waals surface area contributed by atoms with E-state index in [-0.39, 0.29) is 5.41 Å². The van der Waals surface area contributed by atoms with Crippen LogP contribution >= 0.6 is 0 Å². The van der Waals surface area contributed by atoms with Crippen molar-refractivity contribution in [3.05, 3.63) is 53.3 Å². The second kappa shape index (κ2) is 7.80. The third-order valence-electron chi connectivity index (χ3n) is 7.85. The number of aromatic nitrogens is 2. The van der Waals surface area contributed by atoms with Gasteiger partial charge >= 0.3 is 0 Å². The maximum Gasteiger partial charge on any atom is 0.164 e. The average Bonchev–Trinajstić information content (AvgIpc) is 3.34. The quantitative estimate of drug-likeness (QED) is 0.670. The molecule has 1 aliphatic carbocycles. The Morgan fingerprint density at radius 2 is 1.88 bits per heavy atom. The number of carbonyl (C=O) groups excluding carboxylic acids is 1. The van der Waals surface area contributed by atoms with Crippen molar-refractivity contribution in [1.29, 1.82) is 0 Å². The molecular weight excluding hydrogens is 398 g/mol. The largest absolute Gasteiger partial charge is 0.346 e. The summed E-state index contributed by atoms with van der Waals surface area (Å²) >= 11 is 0. The minimum Gasteiger partial charge on any atom is -0.346 e. The summed E-state index contributed by atoms with van der Waals surface area (Å²) in [6.07, 6.45) is 6.83. The molecule has 0 amide bonds. The Morgan fingerprint density at radius 1 is 1.06 bits per heavy atom. The van der Waals surface area contributed by atoms with Crippen LogP contribution in [-0.2, 0) is 12.0 Å². The Kier molecular flexibility index (Phi) is 4.90. The fourth-order valence-corrected chi connectivity index (χ4v) is 5.88. The first kappa shape index (κ1) is 20.1. The van der Waals surface area contributed by atoms with E-state index < -0.39 is 0 Å². The minimum atomic E-state index is 0.0185. The molecule has 3 aromatic rings. The zero-order valence-corrected chi connectivity index (χ0v) is 18.8. The lowest BCUT2D eigenvalue weighted by Gasteiger charge is -2.34. The first-order chi connectivity index (χ1) is 15.6. The van der Waals surface area contributed by atoms with Gasteiger partial charge in [-0.1, -0.05) is 12.1 Å². The molecule has 6 rings (SSSR count). The van der Waals surface area contributed by atoms with Gasteiger partial charge in [-0.05, 0) is 61.8 Å². The van der Waals surface area contributed by atoms with Gasteiger partial charge in [0.1, 0.15) is 5.65 Å². The third kappa shape index (κ3) is 3.38. The molecule has 2 N–H and O–H groups in total. The molecule has 0 radical (unpaired) electrons. The molecule has 166 valence electrons. The molecule has 2 fully saturated rings. The van der Waals surface area contributed by atoms with E-state index in [0.29, 0.717) is 12.2 Å². The monoisotopic (exact) mass is 429 g/mol. The SMILES string of the molecule is CN1CCN(Cc2cnc3[nH]cc(-c4ccc5c(c4)C4(CCNCC4)CC5=O)c3c2)CC1. The van der Waals surface area contributed by atoms with Crippen molar-refractivity contribution in [2.24, 2.45) is 0 Å². The highest BCUT2D eigenvalue weighted by molar-refractivity contribution is 6.03. The summed E-state index contributed by atoms with van der Waals surface area (Å²) in [7, 11) is 2.19. The van der Waals surface area contributed by atoms with Crippen LogP contribution in [0.1, 0.15) is 40.7 Å². The van der Waals surface area contributed by atoms with E-state index in [1.807, 2.05) is 6.20 Å². The molecule has 0 bridgehead atoms. The molecular formula is C26H31N5O. The fourth-order valence-electron chi connectivity index (χ4n) is 5.88. The smallest absolute Gasteiger partial charge is 0.164 e. The predicted octanol–water partition coefficient (Wildman–Crippen LogP) is 3.18. The molecule has 4 heterocycles. The van der Waals surface area contributed by atoms with Crippen molar-refractivity contribution in [2.75, 3.05) is 46.3 Å². The number of piperazine rings is 1. The van der Waals surface area contributed by atoms with Gasteiger partial charge in [-0.15, -0.1) is 0 Å². The number of hydrogen-bond donors (Lipinski definition) is 2. The third-order valence-corrected chi connectivity index (χ3v) is 7.85. The van der Waals surface area contributed by atoms with Gasteiger partial charge in [0, 0.05) is 73.5 Å². The lowest BCUT2D eigenvalue weighted by atomic mass is 9.74. The number of nitrogens with zero attached hydrogens (tertiary/aromatic N) is 3. The van der Waals surface area contributed by atoms with Gasteiger partial charge in [-0.3, -0.25) is 9.69 Å². The predicted molar refractivity (Wildman–Crippen MR) is 127 cm³/mol. The number of Topliss-reactive ketones (excluding diaryl/α,β-unsaturated/α-hetero) is 1. The lowest BCUT2D eigenvalue weighted by molar-refractivity contribution is 0.0964. The number of piperidine rings is 1. The molecule has 6 heteroatoms. The van der Waals surface area contributed by atoms with Gasteiger partial charge < -0.3 is 15.2 Å². The normalized spacial score (nSPS) is 21.5. The van der Waals surface area contributed by atoms with Gasteiger partial charge in [0.25, 0.3) is 0 Å². The minimum absolute atomic E-state index is 0.0185. The summed E-state index contributed by atoms with van der Waals surface area (Å²) in [5, 5.41) is 4.63. The lowest BCUT2D eigenvalue weighted by Crippen LogP contribution is -2.43. The van der Waals surface area contributed by atoms with Crippen molar-refractivity contribution in [3.8, 4) is 11.1 Å². The van der Waals surface area contributed by atoms with Gasteiger partial charge in [0.2, 0.25) is 0 Å². The van der Waals surface area contributed by atoms with Crippen LogP contribution in [0, 0.1) is 0 Å². The van der Waals surface area contributed by atoms with Crippen LogP contribution in [-0.4, -0.2) is 71.9 Å². The highest BCUT2D eigenvalue weighted by Gasteiger charge is 2.43. The van der Waals surface area contributed by atoms with E-state index in [2.05, 4.69) is 57.6 Å². The standard InChI is InChI=1S/C26H31N5O/c1-30-8-10-31(11-9-30)17-18-12-21-22(16-29-25(21)28-15-18)19-2-3-20-23(13-19)26(14-24(20)32)4-6-27-7-5-26/h2-3,12-13,15-16,27H,4-11,14,17H2,1H3,(H,28,29). The van der Waals surface area contributed by atoms with E-state index in [1.165, 1.54) is 27.6 Å². The summed E-state index contributed by atoms with van der Waals surface area (Å²) in [6.45, 7) is 7.37. The summed E-state index contributed by atoms with van der Waals surface area (Å²) in [5.74, 6) is 0.309. The van der Waals surface area contributed by atoms with E-state index in [0.717, 1.165) is 69.9 Å². The number of fused-ring (bicyclic) bond motifs is 3. The number of pyridine rings is 1. The zero-order valence-electron chi connectivity index (χ0n) is 18.8. The van der Waals surface area contributed by atoms with E-state index in [4.69, 9.17) is 4.98 Å². The van der Waals surface area contributed by atoms with Crippen molar-refractivity contribution in [1.82, 2.24) is 25.1 Å². The molecule has 32 heavy (non-hydrogen) atoms. The summed E-state index contributed by atoms with van der Waals surface area (Å²) < 4.78 is 0. The second-order valence-electron chi connectivity index (χ2n) is 9.91. The number of ketones is 1. The molecule has 2 saturated heterocycles. The fraction of sp³-hybridized carbons (Fsp3) is 0.462. The number of carbonyl (C=O) groups is 1. The van der Waals surface area contributed by atoms with Gasteiger partial charge in [0.15, 0.2) is 5.78 Å². The van der Waals surface area contributed by atoms with E-state index in [9.17, 15) is 4.79 Å². The zero-order chi connectivity index (χ0) is 21.7. The van der Waals surface area contributed by atoms with Crippen molar-refractivity contribution in [3.63, 3.8) is 0 Å². The Hall–Kier alpha value is -2.54. The molecule has 0 atom stereocenters. The van der Waals surface area contributed by atoms with Crippen molar-refractivity contribution < 1.29 is 4.79 Å². The number of hydrogen-bond acceptors (Lipinski definition) is 5. The average molecular weight is 430 g/mol. The number of nitrogens with one attached hydrogen (secondary N) is 2. The Labute approximate surface area is 189 Å². The number of rotatable bonds is 3. The maximum atomic E-state index is 12.8. The van der Waals surface area contributed by atoms with Gasteiger partial charge in [-0.2, -0.15) is 0 Å². The molecule has 1 aromatic carbocycles. The van der Waals surface area contributed by atoms with Crippen LogP contribution < -0.4 is 5.32 Å². The van der Waals surface area contributed by atoms with Crippen LogP contribution in [0.5, 0.6) is 0 Å². The van der Waals surface area contributed by atoms with E-state index in [1.54, 1.807) is 0 Å². The highest BCUT2D eigenvalue weighted by atomic mass is 16.1. The molecule has 2 aromatic heterocycles. The number of likely N-dealkylation sites (N-methyl/N-ethyl adjacent to an activating group) is 1. The van der Waals surface area contributed by atoms with Crippen molar-refractivity contribution in [2.45, 2.75) is 31.2 Å². The van der Waals surface area contributed by atoms with Crippen molar-refractivity contribution >= 4 is 16.8 Å². The topological polar surface area (TPSA) is 64.3 Å². The highest BCUT2D eigenvalue weighted by Crippen LogP contribution is 2.46. The molecule has 1 spiro atoms. The van der Waals surface area contributed by atoms with E-state index >= 15 is 0 Å². The number of aromatic amines is 1. The maximum absolute atomic E-state index is 12.8. The molecule has 6 nitrogen and oxygen atoms in total. The first-order valence-electron chi connectivity index (χ1n) is 11.9. The molecule has 0 unspecified atom stereocenters. The second-order valence-corrected chi connectivity index (χ2v) is 9.91. The summed E-state index contributed by atoms with van der Waals surface area (Å²) in [6, 6.07) is 8.77. The van der Waals surface area contributed by atoms with Crippen LogP contribution in [0.2, 0.25) is 0 Å². The number of benzene rings is 1. The van der Waals surface area contributed by atoms with Gasteiger partial charge in [-0.25, -0.2) is 4.98 Å². The summed E-state index contributed by atoms with van der Waals surface area (Å²) in [5.41, 5.74) is 6.76. The summed E-state index contributed by atoms with van der Waals surface area (Å²) in [4.78, 5) is 25.7. The van der Waals surface area contributed by atoms with Gasteiger partial charge in [0.05, 0.1) is 0 Å².